The van der Waals surface area contributed by atoms with Crippen molar-refractivity contribution in [1.82, 2.24) is 14.8 Å². The van der Waals surface area contributed by atoms with Gasteiger partial charge in [0.15, 0.2) is 5.82 Å². The van der Waals surface area contributed by atoms with Gasteiger partial charge in [-0.2, -0.15) is 4.98 Å². The molecule has 0 aliphatic heterocycles. The van der Waals surface area contributed by atoms with Gasteiger partial charge >= 0.3 is 6.01 Å². The molecule has 36 heavy (non-hydrogen) atoms. The molecule has 4 aromatic rings. The number of aryl methyl sites for hydroxylation is 1. The van der Waals surface area contributed by atoms with Crippen LogP contribution in [0.25, 0.3) is 17.1 Å². The quantitative estimate of drug-likeness (QED) is 0.271. The van der Waals surface area contributed by atoms with E-state index >= 15 is 0 Å². The van der Waals surface area contributed by atoms with Gasteiger partial charge in [-0.05, 0) is 72.9 Å². The maximum absolute atomic E-state index is 14.6. The summed E-state index contributed by atoms with van der Waals surface area (Å²) in [6, 6.07) is 21.5. The number of benzene rings is 3. The molecule has 1 heterocycles. The first-order valence-corrected chi connectivity index (χ1v) is 12.3. The summed E-state index contributed by atoms with van der Waals surface area (Å²) in [6.07, 6.45) is 3.29. The number of aromatic nitrogens is 3. The summed E-state index contributed by atoms with van der Waals surface area (Å²) in [5.74, 6) is 0.0595. The number of carbonyl (C=O) groups excluding carboxylic acids is 1. The molecule has 4 rings (SSSR count). The van der Waals surface area contributed by atoms with E-state index in [-0.39, 0.29) is 11.9 Å². The summed E-state index contributed by atoms with van der Waals surface area (Å²) in [5, 5.41) is 7.39. The summed E-state index contributed by atoms with van der Waals surface area (Å²) in [4.78, 5) is 17.1. The second kappa shape index (κ2) is 11.6. The lowest BCUT2D eigenvalue weighted by molar-refractivity contribution is 0.102. The first-order valence-electron chi connectivity index (χ1n) is 12.3. The first-order chi connectivity index (χ1) is 17.4. The van der Waals surface area contributed by atoms with Crippen molar-refractivity contribution in [2.24, 2.45) is 5.92 Å². The van der Waals surface area contributed by atoms with Crippen molar-refractivity contribution < 1.29 is 13.9 Å². The van der Waals surface area contributed by atoms with E-state index in [1.807, 2.05) is 38.1 Å². The van der Waals surface area contributed by atoms with Crippen LogP contribution in [0, 0.1) is 11.7 Å². The molecular weight excluding hydrogens is 455 g/mol. The third kappa shape index (κ3) is 6.16. The fraction of sp³-hybridized carbons (Fsp3) is 0.276. The molecule has 186 valence electrons. The molecule has 0 aliphatic rings. The zero-order chi connectivity index (χ0) is 25.5. The summed E-state index contributed by atoms with van der Waals surface area (Å²) in [5.41, 5.74) is 3.46. The minimum absolute atomic E-state index is 0.179. The van der Waals surface area contributed by atoms with E-state index in [9.17, 15) is 9.18 Å². The SMILES string of the molecule is CCCCc1ccc(C(=O)Nc2ccc(-n3nc(OCC(C)C)nc3-c3ccccc3F)cc2)cc1. The molecule has 1 aromatic heterocycles. The second-order valence-corrected chi connectivity index (χ2v) is 9.12. The number of unbranched alkanes of at least 4 members (excludes halogenated alkanes) is 1. The minimum atomic E-state index is -0.397. The summed E-state index contributed by atoms with van der Waals surface area (Å²) >= 11 is 0. The van der Waals surface area contributed by atoms with Gasteiger partial charge in [0.2, 0.25) is 0 Å². The number of carbonyl (C=O) groups is 1. The van der Waals surface area contributed by atoms with Gasteiger partial charge in [0.25, 0.3) is 5.91 Å². The van der Waals surface area contributed by atoms with Gasteiger partial charge in [-0.1, -0.05) is 51.5 Å². The zero-order valence-electron chi connectivity index (χ0n) is 20.9. The number of anilines is 1. The molecular formula is C29H31FN4O2. The van der Waals surface area contributed by atoms with Gasteiger partial charge in [0.1, 0.15) is 5.82 Å². The highest BCUT2D eigenvalue weighted by Crippen LogP contribution is 2.26. The molecule has 0 fully saturated rings. The van der Waals surface area contributed by atoms with Crippen LogP contribution >= 0.6 is 0 Å². The van der Waals surface area contributed by atoms with Gasteiger partial charge in [-0.25, -0.2) is 9.07 Å². The number of halogens is 1. The van der Waals surface area contributed by atoms with E-state index in [1.165, 1.54) is 11.6 Å². The maximum atomic E-state index is 14.6. The number of amides is 1. The van der Waals surface area contributed by atoms with Gasteiger partial charge in [0, 0.05) is 11.3 Å². The van der Waals surface area contributed by atoms with E-state index in [0.717, 1.165) is 19.3 Å². The van der Waals surface area contributed by atoms with Gasteiger partial charge in [0.05, 0.1) is 17.9 Å². The Morgan fingerprint density at radius 3 is 2.42 bits per heavy atom. The van der Waals surface area contributed by atoms with Crippen LogP contribution in [0.2, 0.25) is 0 Å². The third-order valence-corrected chi connectivity index (χ3v) is 5.65. The van der Waals surface area contributed by atoms with E-state index < -0.39 is 5.82 Å². The Morgan fingerprint density at radius 1 is 1.03 bits per heavy atom. The molecule has 1 N–H and O–H groups in total. The van der Waals surface area contributed by atoms with Crippen LogP contribution in [0.4, 0.5) is 10.1 Å². The van der Waals surface area contributed by atoms with Crippen molar-refractivity contribution in [2.45, 2.75) is 40.0 Å². The highest BCUT2D eigenvalue weighted by molar-refractivity contribution is 6.04. The van der Waals surface area contributed by atoms with Crippen LogP contribution < -0.4 is 10.1 Å². The minimum Gasteiger partial charge on any atom is -0.462 e. The molecule has 7 heteroatoms. The van der Waals surface area contributed by atoms with Crippen LogP contribution in [-0.4, -0.2) is 27.3 Å². The first kappa shape index (κ1) is 25.1. The Morgan fingerprint density at radius 2 is 1.75 bits per heavy atom. The van der Waals surface area contributed by atoms with Crippen molar-refractivity contribution in [1.29, 1.82) is 0 Å². The third-order valence-electron chi connectivity index (χ3n) is 5.65. The highest BCUT2D eigenvalue weighted by atomic mass is 19.1. The van der Waals surface area contributed by atoms with Crippen molar-refractivity contribution in [3.05, 3.63) is 89.7 Å². The molecule has 3 aromatic carbocycles. The average Bonchev–Trinajstić information content (AvgIpc) is 3.31. The van der Waals surface area contributed by atoms with Gasteiger partial charge < -0.3 is 10.1 Å². The van der Waals surface area contributed by atoms with Crippen LogP contribution in [0.3, 0.4) is 0 Å². The zero-order valence-corrected chi connectivity index (χ0v) is 20.9. The molecule has 1 amide bonds. The predicted molar refractivity (Wildman–Crippen MR) is 140 cm³/mol. The molecule has 0 saturated heterocycles. The Kier molecular flexibility index (Phi) is 8.10. The Balaban J connectivity index is 1.54. The van der Waals surface area contributed by atoms with Gasteiger partial charge in [-0.3, -0.25) is 4.79 Å². The predicted octanol–water partition coefficient (Wildman–Crippen LogP) is 6.70. The standard InChI is InChI=1S/C29H31FN4O2/c1-4-5-8-21-11-13-22(14-12-21)28(35)31-23-15-17-24(18-16-23)34-27(25-9-6-7-10-26(25)30)32-29(33-34)36-19-20(2)3/h6-7,9-18,20H,4-5,8,19H2,1-3H3,(H,31,35). The van der Waals surface area contributed by atoms with E-state index in [2.05, 4.69) is 22.3 Å². The highest BCUT2D eigenvalue weighted by Gasteiger charge is 2.18. The summed E-state index contributed by atoms with van der Waals surface area (Å²) in [7, 11) is 0. The Bertz CT molecular complexity index is 1300. The summed E-state index contributed by atoms with van der Waals surface area (Å²) in [6.45, 7) is 6.67. The van der Waals surface area contributed by atoms with Crippen molar-refractivity contribution in [2.75, 3.05) is 11.9 Å². The van der Waals surface area contributed by atoms with Crippen LogP contribution in [0.15, 0.2) is 72.8 Å². The van der Waals surface area contributed by atoms with Crippen molar-refractivity contribution in [3.63, 3.8) is 0 Å². The van der Waals surface area contributed by atoms with Gasteiger partial charge in [-0.15, -0.1) is 5.10 Å². The number of hydrogen-bond acceptors (Lipinski definition) is 4. The number of rotatable bonds is 10. The average molecular weight is 487 g/mol. The lowest BCUT2D eigenvalue weighted by atomic mass is 10.1. The molecule has 0 spiro atoms. The van der Waals surface area contributed by atoms with Crippen LogP contribution in [0.5, 0.6) is 6.01 Å². The monoisotopic (exact) mass is 486 g/mol. The lowest BCUT2D eigenvalue weighted by Crippen LogP contribution is -2.12. The molecule has 6 nitrogen and oxygen atoms in total. The normalized spacial score (nSPS) is 11.0. The van der Waals surface area contributed by atoms with Crippen molar-refractivity contribution in [3.8, 4) is 23.1 Å². The molecule has 0 unspecified atom stereocenters. The maximum Gasteiger partial charge on any atom is 0.336 e. The van der Waals surface area contributed by atoms with Crippen LogP contribution in [0.1, 0.15) is 49.5 Å². The number of nitrogens with one attached hydrogen (secondary N) is 1. The topological polar surface area (TPSA) is 69.0 Å². The fourth-order valence-electron chi connectivity index (χ4n) is 3.69. The lowest BCUT2D eigenvalue weighted by Gasteiger charge is -2.09. The Hall–Kier alpha value is -4.00. The molecule has 0 saturated carbocycles. The number of nitrogens with zero attached hydrogens (tertiary/aromatic N) is 3. The van der Waals surface area contributed by atoms with Crippen LogP contribution in [-0.2, 0) is 6.42 Å². The van der Waals surface area contributed by atoms with E-state index in [4.69, 9.17) is 4.74 Å². The Labute approximate surface area is 211 Å². The molecule has 0 radical (unpaired) electrons. The summed E-state index contributed by atoms with van der Waals surface area (Å²) < 4.78 is 21.8. The molecule has 0 aliphatic carbocycles. The fourth-order valence-corrected chi connectivity index (χ4v) is 3.69. The number of ether oxygens (including phenoxy) is 1. The number of hydrogen-bond donors (Lipinski definition) is 1. The molecule has 0 atom stereocenters. The van der Waals surface area contributed by atoms with E-state index in [0.29, 0.717) is 40.9 Å². The smallest absolute Gasteiger partial charge is 0.336 e. The van der Waals surface area contributed by atoms with Crippen molar-refractivity contribution >= 4 is 11.6 Å². The molecule has 0 bridgehead atoms. The largest absolute Gasteiger partial charge is 0.462 e. The van der Waals surface area contributed by atoms with E-state index in [1.54, 1.807) is 47.1 Å². The second-order valence-electron chi connectivity index (χ2n) is 9.12.